The molecule has 1 atom stereocenters. The summed E-state index contributed by atoms with van der Waals surface area (Å²) in [4.78, 5) is 19.7. The van der Waals surface area contributed by atoms with Gasteiger partial charge in [-0.05, 0) is 65.4 Å². The fourth-order valence-electron chi connectivity index (χ4n) is 5.15. The Morgan fingerprint density at radius 2 is 1.83 bits per heavy atom. The molecule has 0 bridgehead atoms. The van der Waals surface area contributed by atoms with Crippen LogP contribution < -0.4 is 24.4 Å². The van der Waals surface area contributed by atoms with Crippen molar-refractivity contribution in [1.82, 2.24) is 4.57 Å². The molecule has 0 spiro atoms. The number of allylic oxidation sites excluding steroid dienone is 1. The lowest BCUT2D eigenvalue weighted by Gasteiger charge is -2.30. The van der Waals surface area contributed by atoms with E-state index in [-0.39, 0.29) is 18.4 Å². The maximum absolute atomic E-state index is 13.9. The van der Waals surface area contributed by atoms with Gasteiger partial charge >= 0.3 is 0 Å². The second kappa shape index (κ2) is 8.47. The normalized spacial score (nSPS) is 17.9. The van der Waals surface area contributed by atoms with Crippen LogP contribution in [-0.2, 0) is 6.42 Å². The van der Waals surface area contributed by atoms with E-state index in [2.05, 4.69) is 34.1 Å². The first-order valence-electron chi connectivity index (χ1n) is 11.5. The highest BCUT2D eigenvalue weighted by Crippen LogP contribution is 2.41. The summed E-state index contributed by atoms with van der Waals surface area (Å²) in [6, 6.07) is 19.7. The van der Waals surface area contributed by atoms with Gasteiger partial charge in [-0.15, -0.1) is 0 Å². The molecular weight excluding hydrogens is 560 g/mol. The van der Waals surface area contributed by atoms with Crippen molar-refractivity contribution in [2.24, 2.45) is 4.99 Å². The maximum Gasteiger partial charge on any atom is 0.271 e. The van der Waals surface area contributed by atoms with Gasteiger partial charge in [-0.2, -0.15) is 0 Å². The van der Waals surface area contributed by atoms with Crippen molar-refractivity contribution >= 4 is 50.6 Å². The Morgan fingerprint density at radius 1 is 1.06 bits per heavy atom. The summed E-state index contributed by atoms with van der Waals surface area (Å²) in [5, 5.41) is 0.669. The van der Waals surface area contributed by atoms with Gasteiger partial charge in [-0.3, -0.25) is 9.36 Å². The predicted octanol–water partition coefficient (Wildman–Crippen LogP) is 5.46. The Balaban J connectivity index is 1.47. The SMILES string of the molecule is O=c1/c(=C\c2cc3c(cc2Br)OCO3)sc2n1[C@H](c1ccc(Cl)cc1)C1=C(N=2)c2ccccc2CC1. The molecule has 3 aromatic carbocycles. The first kappa shape index (κ1) is 22.1. The molecule has 178 valence electrons. The predicted molar refractivity (Wildman–Crippen MR) is 144 cm³/mol. The third kappa shape index (κ3) is 3.49. The molecule has 0 saturated carbocycles. The Labute approximate surface area is 223 Å². The summed E-state index contributed by atoms with van der Waals surface area (Å²) in [7, 11) is 0. The monoisotopic (exact) mass is 576 g/mol. The number of aromatic nitrogens is 1. The van der Waals surface area contributed by atoms with Gasteiger partial charge in [0.2, 0.25) is 6.79 Å². The minimum absolute atomic E-state index is 0.0614. The lowest BCUT2D eigenvalue weighted by molar-refractivity contribution is 0.174. The van der Waals surface area contributed by atoms with Gasteiger partial charge < -0.3 is 9.47 Å². The average molecular weight is 578 g/mol. The molecule has 0 saturated heterocycles. The summed E-state index contributed by atoms with van der Waals surface area (Å²) < 4.78 is 14.3. The first-order chi connectivity index (χ1) is 17.6. The lowest BCUT2D eigenvalue weighted by atomic mass is 9.83. The van der Waals surface area contributed by atoms with E-state index in [9.17, 15) is 4.79 Å². The standard InChI is InChI=1S/C28H18BrClN2O3S/c29-21-13-23-22(34-14-35-23)11-17(21)12-24-27(33)32-26(16-5-8-18(30)9-6-16)20-10-7-15-3-1-2-4-19(15)25(20)31-28(32)36-24/h1-6,8-9,11-13,26H,7,10,14H2/b24-12+/t26-/m1/s1. The van der Waals surface area contributed by atoms with E-state index >= 15 is 0 Å². The summed E-state index contributed by atoms with van der Waals surface area (Å²) in [6.07, 6.45) is 3.66. The molecule has 3 heterocycles. The number of thiazole rings is 1. The molecule has 5 nitrogen and oxygen atoms in total. The van der Waals surface area contributed by atoms with Gasteiger partial charge in [0.1, 0.15) is 0 Å². The second-order valence-electron chi connectivity index (χ2n) is 8.89. The molecule has 0 N–H and O–H groups in total. The van der Waals surface area contributed by atoms with E-state index in [4.69, 9.17) is 26.1 Å². The van der Waals surface area contributed by atoms with Crippen LogP contribution in [-0.4, -0.2) is 11.4 Å². The van der Waals surface area contributed by atoms with Gasteiger partial charge in [0.15, 0.2) is 16.3 Å². The zero-order valence-corrected chi connectivity index (χ0v) is 22.0. The molecule has 0 unspecified atom stereocenters. The number of ether oxygens (including phenoxy) is 2. The molecule has 2 aliphatic heterocycles. The number of fused-ring (bicyclic) bond motifs is 4. The largest absolute Gasteiger partial charge is 0.454 e. The molecule has 0 amide bonds. The quantitative estimate of drug-likeness (QED) is 0.318. The Hall–Kier alpha value is -3.13. The third-order valence-electron chi connectivity index (χ3n) is 6.84. The van der Waals surface area contributed by atoms with Crippen LogP contribution in [0.3, 0.4) is 0 Å². The molecule has 1 aliphatic carbocycles. The topological polar surface area (TPSA) is 52.8 Å². The lowest BCUT2D eigenvalue weighted by Crippen LogP contribution is -2.38. The minimum atomic E-state index is -0.232. The van der Waals surface area contributed by atoms with Gasteiger partial charge in [0.25, 0.3) is 5.56 Å². The number of hydrogen-bond acceptors (Lipinski definition) is 5. The van der Waals surface area contributed by atoms with Gasteiger partial charge in [-0.1, -0.05) is 75.3 Å². The van der Waals surface area contributed by atoms with Crippen molar-refractivity contribution in [3.05, 3.63) is 118 Å². The Morgan fingerprint density at radius 3 is 2.67 bits per heavy atom. The van der Waals surface area contributed by atoms with Crippen LogP contribution in [0.4, 0.5) is 0 Å². The number of halogens is 2. The van der Waals surface area contributed by atoms with Crippen molar-refractivity contribution in [2.75, 3.05) is 6.79 Å². The molecule has 36 heavy (non-hydrogen) atoms. The Kier molecular flexibility index (Phi) is 5.20. The van der Waals surface area contributed by atoms with E-state index in [0.717, 1.165) is 39.7 Å². The van der Waals surface area contributed by atoms with Crippen LogP contribution in [0, 0.1) is 0 Å². The van der Waals surface area contributed by atoms with Crippen molar-refractivity contribution in [1.29, 1.82) is 0 Å². The average Bonchev–Trinajstić information content (AvgIpc) is 3.47. The summed E-state index contributed by atoms with van der Waals surface area (Å²) in [6.45, 7) is 0.196. The van der Waals surface area contributed by atoms with Crippen molar-refractivity contribution in [3.63, 3.8) is 0 Å². The van der Waals surface area contributed by atoms with Crippen LogP contribution in [0.1, 0.15) is 34.7 Å². The van der Waals surface area contributed by atoms with Crippen LogP contribution >= 0.6 is 38.9 Å². The first-order valence-corrected chi connectivity index (χ1v) is 13.5. The van der Waals surface area contributed by atoms with Gasteiger partial charge in [0, 0.05) is 15.1 Å². The Bertz CT molecular complexity index is 1770. The third-order valence-corrected chi connectivity index (χ3v) is 8.76. The second-order valence-corrected chi connectivity index (χ2v) is 11.2. The van der Waals surface area contributed by atoms with Gasteiger partial charge in [0.05, 0.1) is 16.3 Å². The van der Waals surface area contributed by atoms with Crippen molar-refractivity contribution < 1.29 is 9.47 Å². The zero-order valence-electron chi connectivity index (χ0n) is 18.8. The molecule has 4 aromatic rings. The summed E-state index contributed by atoms with van der Waals surface area (Å²) >= 11 is 11.2. The zero-order chi connectivity index (χ0) is 24.4. The van der Waals surface area contributed by atoms with Crippen molar-refractivity contribution in [2.45, 2.75) is 18.9 Å². The van der Waals surface area contributed by atoms with Crippen molar-refractivity contribution in [3.8, 4) is 11.5 Å². The fourth-order valence-corrected chi connectivity index (χ4v) is 6.71. The smallest absolute Gasteiger partial charge is 0.271 e. The maximum atomic E-state index is 13.9. The molecule has 7 rings (SSSR count). The molecule has 0 fully saturated rings. The van der Waals surface area contributed by atoms with Crippen LogP contribution in [0.15, 0.2) is 80.5 Å². The van der Waals surface area contributed by atoms with E-state index in [1.165, 1.54) is 22.5 Å². The number of rotatable bonds is 2. The fraction of sp³-hybridized carbons (Fsp3) is 0.143. The molecule has 0 radical (unpaired) electrons. The highest BCUT2D eigenvalue weighted by atomic mass is 79.9. The van der Waals surface area contributed by atoms with E-state index in [1.807, 2.05) is 53.1 Å². The van der Waals surface area contributed by atoms with Crippen LogP contribution in [0.25, 0.3) is 11.8 Å². The summed E-state index contributed by atoms with van der Waals surface area (Å²) in [5.74, 6) is 1.36. The molecule has 1 aromatic heterocycles. The van der Waals surface area contributed by atoms with E-state index in [1.54, 1.807) is 0 Å². The van der Waals surface area contributed by atoms with E-state index < -0.39 is 0 Å². The highest BCUT2D eigenvalue weighted by Gasteiger charge is 2.32. The summed E-state index contributed by atoms with van der Waals surface area (Å²) in [5.41, 5.74) is 6.40. The van der Waals surface area contributed by atoms with Crippen LogP contribution in [0.5, 0.6) is 11.5 Å². The van der Waals surface area contributed by atoms with E-state index in [0.29, 0.717) is 25.9 Å². The van der Waals surface area contributed by atoms with Crippen LogP contribution in [0.2, 0.25) is 5.02 Å². The molecular formula is C28H18BrClN2O3S. The molecule has 8 heteroatoms. The number of benzene rings is 3. The number of nitrogens with zero attached hydrogens (tertiary/aromatic N) is 2. The molecule has 3 aliphatic rings. The van der Waals surface area contributed by atoms with Gasteiger partial charge in [-0.25, -0.2) is 4.99 Å². The minimum Gasteiger partial charge on any atom is -0.454 e. The number of hydrogen-bond donors (Lipinski definition) is 0. The highest BCUT2D eigenvalue weighted by molar-refractivity contribution is 9.10. The number of aryl methyl sites for hydroxylation is 1.